The summed E-state index contributed by atoms with van der Waals surface area (Å²) in [5.41, 5.74) is 0.280. The zero-order valence-corrected chi connectivity index (χ0v) is 10.7. The number of aromatic nitrogens is 2. The monoisotopic (exact) mass is 251 g/mol. The van der Waals surface area contributed by atoms with Crippen LogP contribution in [-0.4, -0.2) is 32.6 Å². The van der Waals surface area contributed by atoms with Gasteiger partial charge in [-0.2, -0.15) is 0 Å². The van der Waals surface area contributed by atoms with Crippen LogP contribution in [-0.2, 0) is 16.1 Å². The Morgan fingerprint density at radius 3 is 2.56 bits per heavy atom. The number of hydrogen-bond acceptors (Lipinski definition) is 3. The van der Waals surface area contributed by atoms with Gasteiger partial charge in [-0.25, -0.2) is 9.78 Å². The molecule has 6 heteroatoms. The van der Waals surface area contributed by atoms with Gasteiger partial charge in [0.15, 0.2) is 0 Å². The lowest BCUT2D eigenvalue weighted by Gasteiger charge is -2.15. The summed E-state index contributed by atoms with van der Waals surface area (Å²) in [6, 6.07) is -0.108. The Morgan fingerprint density at radius 1 is 1.39 bits per heavy atom. The zero-order chi connectivity index (χ0) is 13.7. The lowest BCUT2D eigenvalue weighted by atomic mass is 10.1. The standard InChI is InChI=1S/C12H17N3O3/c1-8(6-15-5-4-13-7-15)14-11(16)9(2)10(3)12(17)18/h4-5,7-8H,6H2,1-3H3,(H,14,16)(H,17,18). The van der Waals surface area contributed by atoms with Gasteiger partial charge in [0, 0.05) is 36.1 Å². The molecule has 18 heavy (non-hydrogen) atoms. The summed E-state index contributed by atoms with van der Waals surface area (Å²) in [6.07, 6.45) is 5.12. The smallest absolute Gasteiger partial charge is 0.331 e. The van der Waals surface area contributed by atoms with Crippen molar-refractivity contribution in [3.8, 4) is 0 Å². The fourth-order valence-electron chi connectivity index (χ4n) is 1.42. The van der Waals surface area contributed by atoms with Crippen molar-refractivity contribution in [3.63, 3.8) is 0 Å². The van der Waals surface area contributed by atoms with E-state index in [-0.39, 0.29) is 23.1 Å². The van der Waals surface area contributed by atoms with Crippen molar-refractivity contribution >= 4 is 11.9 Å². The minimum absolute atomic E-state index is 0.0577. The molecule has 0 saturated carbocycles. The maximum absolute atomic E-state index is 11.8. The fraction of sp³-hybridized carbons (Fsp3) is 0.417. The number of carbonyl (C=O) groups excluding carboxylic acids is 1. The van der Waals surface area contributed by atoms with Gasteiger partial charge in [0.25, 0.3) is 0 Å². The van der Waals surface area contributed by atoms with Gasteiger partial charge in [0.1, 0.15) is 0 Å². The van der Waals surface area contributed by atoms with Crippen molar-refractivity contribution < 1.29 is 14.7 Å². The van der Waals surface area contributed by atoms with E-state index >= 15 is 0 Å². The van der Waals surface area contributed by atoms with Crippen molar-refractivity contribution in [3.05, 3.63) is 29.9 Å². The van der Waals surface area contributed by atoms with E-state index in [2.05, 4.69) is 10.3 Å². The van der Waals surface area contributed by atoms with E-state index < -0.39 is 5.97 Å². The van der Waals surface area contributed by atoms with Crippen LogP contribution in [0, 0.1) is 0 Å². The number of imidazole rings is 1. The molecule has 6 nitrogen and oxygen atoms in total. The lowest BCUT2D eigenvalue weighted by molar-refractivity contribution is -0.133. The Kier molecular flexibility index (Phi) is 4.65. The van der Waals surface area contributed by atoms with E-state index in [1.807, 2.05) is 11.5 Å². The van der Waals surface area contributed by atoms with Gasteiger partial charge < -0.3 is 15.0 Å². The maximum Gasteiger partial charge on any atom is 0.331 e. The normalized spacial score (nSPS) is 13.7. The Morgan fingerprint density at radius 2 is 2.06 bits per heavy atom. The van der Waals surface area contributed by atoms with E-state index in [0.29, 0.717) is 6.54 Å². The zero-order valence-electron chi connectivity index (χ0n) is 10.7. The third kappa shape index (κ3) is 3.73. The van der Waals surface area contributed by atoms with Gasteiger partial charge in [-0.05, 0) is 20.8 Å². The largest absolute Gasteiger partial charge is 0.478 e. The topological polar surface area (TPSA) is 84.2 Å². The maximum atomic E-state index is 11.8. The van der Waals surface area contributed by atoms with Gasteiger partial charge in [0.05, 0.1) is 6.33 Å². The molecule has 1 rings (SSSR count). The first-order valence-corrected chi connectivity index (χ1v) is 5.59. The molecule has 1 unspecified atom stereocenters. The minimum Gasteiger partial charge on any atom is -0.478 e. The average Bonchev–Trinajstić information content (AvgIpc) is 2.79. The molecule has 0 bridgehead atoms. The summed E-state index contributed by atoms with van der Waals surface area (Å²) in [6.45, 7) is 5.35. The lowest BCUT2D eigenvalue weighted by Crippen LogP contribution is -2.36. The Bertz CT molecular complexity index is 463. The number of carboxylic acids is 1. The summed E-state index contributed by atoms with van der Waals surface area (Å²) < 4.78 is 1.84. The van der Waals surface area contributed by atoms with Crippen molar-refractivity contribution in [2.75, 3.05) is 0 Å². The van der Waals surface area contributed by atoms with E-state index in [9.17, 15) is 9.59 Å². The molecule has 1 aromatic rings. The molecule has 0 aliphatic heterocycles. The van der Waals surface area contributed by atoms with Crippen LogP contribution < -0.4 is 5.32 Å². The van der Waals surface area contributed by atoms with Gasteiger partial charge >= 0.3 is 5.97 Å². The van der Waals surface area contributed by atoms with E-state index in [1.165, 1.54) is 13.8 Å². The molecule has 0 aromatic carbocycles. The van der Waals surface area contributed by atoms with Gasteiger partial charge in [-0.3, -0.25) is 4.79 Å². The summed E-state index contributed by atoms with van der Waals surface area (Å²) in [7, 11) is 0. The predicted octanol–water partition coefficient (Wildman–Crippen LogP) is 0.809. The number of nitrogens with one attached hydrogen (secondary N) is 1. The van der Waals surface area contributed by atoms with Crippen molar-refractivity contribution in [2.24, 2.45) is 0 Å². The number of aliphatic carboxylic acids is 1. The number of carbonyl (C=O) groups is 2. The van der Waals surface area contributed by atoms with Gasteiger partial charge in [-0.15, -0.1) is 0 Å². The van der Waals surface area contributed by atoms with Gasteiger partial charge in [0.2, 0.25) is 5.91 Å². The average molecular weight is 251 g/mol. The molecule has 1 amide bonds. The van der Waals surface area contributed by atoms with Crippen LogP contribution in [0.5, 0.6) is 0 Å². The van der Waals surface area contributed by atoms with Crippen LogP contribution in [0.2, 0.25) is 0 Å². The Labute approximate surface area is 105 Å². The molecule has 0 aliphatic carbocycles. The Hall–Kier alpha value is -2.11. The molecule has 1 aromatic heterocycles. The van der Waals surface area contributed by atoms with E-state index in [1.54, 1.807) is 18.7 Å². The fourth-order valence-corrected chi connectivity index (χ4v) is 1.42. The molecular weight excluding hydrogens is 234 g/mol. The molecule has 0 saturated heterocycles. The number of hydrogen-bond donors (Lipinski definition) is 2. The number of rotatable bonds is 5. The SMILES string of the molecule is CC(C(=O)O)=C(C)C(=O)NC(C)Cn1ccnc1. The van der Waals surface area contributed by atoms with E-state index in [0.717, 1.165) is 0 Å². The second-order valence-electron chi connectivity index (χ2n) is 4.19. The van der Waals surface area contributed by atoms with Crippen molar-refractivity contribution in [2.45, 2.75) is 33.4 Å². The summed E-state index contributed by atoms with van der Waals surface area (Å²) in [5.74, 6) is -1.44. The van der Waals surface area contributed by atoms with E-state index in [4.69, 9.17) is 5.11 Å². The first kappa shape index (κ1) is 14.0. The summed E-state index contributed by atoms with van der Waals surface area (Å²) in [5, 5.41) is 11.5. The first-order valence-electron chi connectivity index (χ1n) is 5.59. The predicted molar refractivity (Wildman–Crippen MR) is 65.8 cm³/mol. The molecule has 0 aliphatic rings. The van der Waals surface area contributed by atoms with Gasteiger partial charge in [-0.1, -0.05) is 0 Å². The number of carboxylic acid groups (broad SMARTS) is 1. The molecule has 0 spiro atoms. The number of nitrogens with zero attached hydrogens (tertiary/aromatic N) is 2. The van der Waals surface area contributed by atoms with Crippen molar-refractivity contribution in [1.82, 2.24) is 14.9 Å². The molecule has 1 heterocycles. The highest BCUT2D eigenvalue weighted by Crippen LogP contribution is 2.04. The third-order valence-electron chi connectivity index (χ3n) is 2.65. The molecule has 98 valence electrons. The van der Waals surface area contributed by atoms with Crippen LogP contribution in [0.15, 0.2) is 29.9 Å². The molecule has 2 N–H and O–H groups in total. The van der Waals surface area contributed by atoms with Crippen molar-refractivity contribution in [1.29, 1.82) is 0 Å². The second-order valence-corrected chi connectivity index (χ2v) is 4.19. The van der Waals surface area contributed by atoms with Crippen LogP contribution in [0.25, 0.3) is 0 Å². The first-order chi connectivity index (χ1) is 8.41. The second kappa shape index (κ2) is 6.00. The summed E-state index contributed by atoms with van der Waals surface area (Å²) >= 11 is 0. The molecular formula is C12H17N3O3. The van der Waals surface area contributed by atoms with Crippen LogP contribution in [0.4, 0.5) is 0 Å². The third-order valence-corrected chi connectivity index (χ3v) is 2.65. The molecule has 1 atom stereocenters. The number of amides is 1. The summed E-state index contributed by atoms with van der Waals surface area (Å²) in [4.78, 5) is 26.4. The highest BCUT2D eigenvalue weighted by molar-refractivity contribution is 6.01. The molecule has 0 fully saturated rings. The van der Waals surface area contributed by atoms with Crippen LogP contribution >= 0.6 is 0 Å². The minimum atomic E-state index is -1.08. The van der Waals surface area contributed by atoms with Crippen LogP contribution in [0.3, 0.4) is 0 Å². The molecule has 0 radical (unpaired) electrons. The quantitative estimate of drug-likeness (QED) is 0.758. The Balaban J connectivity index is 2.59. The van der Waals surface area contributed by atoms with Crippen LogP contribution in [0.1, 0.15) is 20.8 Å². The highest BCUT2D eigenvalue weighted by Gasteiger charge is 2.14. The highest BCUT2D eigenvalue weighted by atomic mass is 16.4.